The number of alkyl halides is 2. The number of halogens is 2. The summed E-state index contributed by atoms with van der Waals surface area (Å²) in [7, 11) is 0. The third-order valence-corrected chi connectivity index (χ3v) is 2.67. The molecule has 1 aliphatic rings. The molecule has 0 aromatic heterocycles. The number of nitrogens with zero attached hydrogens (tertiary/aromatic N) is 1. The number of carbonyl (C=O) groups excluding carboxylic acids is 3. The third-order valence-electron chi connectivity index (χ3n) is 2.67. The zero-order valence-electron chi connectivity index (χ0n) is 9.85. The quantitative estimate of drug-likeness (QED) is 0.785. The largest absolute Gasteiger partial charge is 0.402 e. The Hall–Kier alpha value is -2.31. The van der Waals surface area contributed by atoms with Gasteiger partial charge in [0.15, 0.2) is 0 Å². The minimum Gasteiger partial charge on any atom is -0.323 e. The van der Waals surface area contributed by atoms with E-state index in [4.69, 9.17) is 0 Å². The summed E-state index contributed by atoms with van der Waals surface area (Å²) < 4.78 is 26.1. The second kappa shape index (κ2) is 4.42. The van der Waals surface area contributed by atoms with Gasteiger partial charge in [-0.2, -0.15) is 8.78 Å². The van der Waals surface area contributed by atoms with E-state index in [0.717, 1.165) is 6.92 Å². The minimum atomic E-state index is -3.74. The van der Waals surface area contributed by atoms with Crippen LogP contribution in [0.1, 0.15) is 34.1 Å². The zero-order chi connectivity index (χ0) is 14.2. The Morgan fingerprint density at radius 3 is 2.11 bits per heavy atom. The van der Waals surface area contributed by atoms with Gasteiger partial charge in [0.25, 0.3) is 11.8 Å². The number of fused-ring (bicyclic) bond motifs is 1. The molecule has 5 nitrogen and oxygen atoms in total. The van der Waals surface area contributed by atoms with Crippen LogP contribution in [-0.4, -0.2) is 28.8 Å². The normalized spacial score (nSPS) is 14.6. The fraction of sp³-hybridized carbons (Fsp3) is 0.250. The van der Waals surface area contributed by atoms with Crippen molar-refractivity contribution in [2.45, 2.75) is 19.3 Å². The maximum absolute atomic E-state index is 13.1. The van der Waals surface area contributed by atoms with E-state index in [9.17, 15) is 23.2 Å². The molecular formula is C12H9F2NO4. The SMILES string of the molecule is CCC(F)(F)C(=O)ON1C(=O)c2ccccc2C1=O. The number of amides is 2. The first-order chi connectivity index (χ1) is 8.88. The second-order valence-electron chi connectivity index (χ2n) is 3.89. The maximum Gasteiger partial charge on any atom is 0.402 e. The number of hydroxylamine groups is 2. The van der Waals surface area contributed by atoms with Gasteiger partial charge in [0.1, 0.15) is 0 Å². The average molecular weight is 269 g/mol. The van der Waals surface area contributed by atoms with Gasteiger partial charge in [0.05, 0.1) is 11.1 Å². The lowest BCUT2D eigenvalue weighted by molar-refractivity contribution is -0.196. The summed E-state index contributed by atoms with van der Waals surface area (Å²) in [6, 6.07) is 5.72. The first-order valence-electron chi connectivity index (χ1n) is 5.46. The van der Waals surface area contributed by atoms with E-state index < -0.39 is 30.1 Å². The number of imide groups is 1. The summed E-state index contributed by atoms with van der Waals surface area (Å²) >= 11 is 0. The Kier molecular flexibility index (Phi) is 3.05. The van der Waals surface area contributed by atoms with Crippen molar-refractivity contribution >= 4 is 17.8 Å². The van der Waals surface area contributed by atoms with Gasteiger partial charge in [-0.3, -0.25) is 9.59 Å². The molecule has 1 heterocycles. The van der Waals surface area contributed by atoms with Crippen LogP contribution in [0, 0.1) is 0 Å². The van der Waals surface area contributed by atoms with E-state index in [-0.39, 0.29) is 16.2 Å². The van der Waals surface area contributed by atoms with Crippen molar-refractivity contribution in [1.29, 1.82) is 0 Å². The highest BCUT2D eigenvalue weighted by molar-refractivity contribution is 6.20. The summed E-state index contributed by atoms with van der Waals surface area (Å²) in [6.07, 6.45) is -0.783. The summed E-state index contributed by atoms with van der Waals surface area (Å²) in [6.45, 7) is 1.09. The highest BCUT2D eigenvalue weighted by atomic mass is 19.3. The molecule has 2 amide bonds. The summed E-state index contributed by atoms with van der Waals surface area (Å²) in [5.41, 5.74) is 0.0280. The van der Waals surface area contributed by atoms with Gasteiger partial charge in [0, 0.05) is 6.42 Å². The zero-order valence-corrected chi connectivity index (χ0v) is 9.85. The molecule has 0 spiro atoms. The third kappa shape index (κ3) is 2.07. The molecule has 0 radical (unpaired) electrons. The van der Waals surface area contributed by atoms with Gasteiger partial charge in [0.2, 0.25) is 0 Å². The van der Waals surface area contributed by atoms with Crippen molar-refractivity contribution in [3.63, 3.8) is 0 Å². The molecule has 19 heavy (non-hydrogen) atoms. The van der Waals surface area contributed by atoms with Gasteiger partial charge in [-0.15, -0.1) is 0 Å². The molecule has 100 valence electrons. The summed E-state index contributed by atoms with van der Waals surface area (Å²) in [5, 5.41) is 0.0660. The molecule has 1 aromatic carbocycles. The highest BCUT2D eigenvalue weighted by Crippen LogP contribution is 2.26. The smallest absolute Gasteiger partial charge is 0.323 e. The Morgan fingerprint density at radius 1 is 1.21 bits per heavy atom. The van der Waals surface area contributed by atoms with Crippen molar-refractivity contribution < 1.29 is 28.0 Å². The van der Waals surface area contributed by atoms with Crippen molar-refractivity contribution in [1.82, 2.24) is 5.06 Å². The Labute approximate surface area is 106 Å². The van der Waals surface area contributed by atoms with Gasteiger partial charge < -0.3 is 4.84 Å². The van der Waals surface area contributed by atoms with Crippen molar-refractivity contribution in [3.05, 3.63) is 35.4 Å². The van der Waals surface area contributed by atoms with Crippen LogP contribution in [0.4, 0.5) is 8.78 Å². The van der Waals surface area contributed by atoms with Crippen LogP contribution >= 0.6 is 0 Å². The maximum atomic E-state index is 13.1. The molecule has 0 bridgehead atoms. The van der Waals surface area contributed by atoms with Gasteiger partial charge in [-0.25, -0.2) is 4.79 Å². The first kappa shape index (κ1) is 13.1. The molecule has 0 saturated heterocycles. The second-order valence-corrected chi connectivity index (χ2v) is 3.89. The van der Waals surface area contributed by atoms with Crippen LogP contribution in [0.25, 0.3) is 0 Å². The van der Waals surface area contributed by atoms with Crippen molar-refractivity contribution in [3.8, 4) is 0 Å². The number of hydrogen-bond donors (Lipinski definition) is 0. The first-order valence-corrected chi connectivity index (χ1v) is 5.46. The van der Waals surface area contributed by atoms with E-state index in [1.165, 1.54) is 24.3 Å². The lowest BCUT2D eigenvalue weighted by Crippen LogP contribution is -2.39. The van der Waals surface area contributed by atoms with E-state index in [1.807, 2.05) is 0 Å². The number of carbonyl (C=O) groups is 3. The van der Waals surface area contributed by atoms with Crippen LogP contribution < -0.4 is 0 Å². The van der Waals surface area contributed by atoms with Gasteiger partial charge in [-0.05, 0) is 12.1 Å². The van der Waals surface area contributed by atoms with Gasteiger partial charge in [-0.1, -0.05) is 24.1 Å². The average Bonchev–Trinajstić information content (AvgIpc) is 2.64. The Balaban J connectivity index is 2.24. The van der Waals surface area contributed by atoms with Crippen LogP contribution in [0.3, 0.4) is 0 Å². The van der Waals surface area contributed by atoms with E-state index in [1.54, 1.807) is 0 Å². The standard InChI is InChI=1S/C12H9F2NO4/c1-2-12(13,14)11(18)19-15-9(16)7-5-3-4-6-8(7)10(15)17/h3-6H,2H2,1H3. The molecule has 0 aliphatic carbocycles. The van der Waals surface area contributed by atoms with E-state index >= 15 is 0 Å². The topological polar surface area (TPSA) is 63.7 Å². The van der Waals surface area contributed by atoms with Crippen molar-refractivity contribution in [2.24, 2.45) is 0 Å². The predicted molar refractivity (Wildman–Crippen MR) is 58.3 cm³/mol. The van der Waals surface area contributed by atoms with Gasteiger partial charge >= 0.3 is 11.9 Å². The molecule has 0 atom stereocenters. The fourth-order valence-electron chi connectivity index (χ4n) is 1.54. The molecule has 2 rings (SSSR count). The van der Waals surface area contributed by atoms with Crippen LogP contribution in [0.2, 0.25) is 0 Å². The molecule has 1 aromatic rings. The fourth-order valence-corrected chi connectivity index (χ4v) is 1.54. The highest BCUT2D eigenvalue weighted by Gasteiger charge is 2.45. The lowest BCUT2D eigenvalue weighted by atomic mass is 10.1. The van der Waals surface area contributed by atoms with Crippen LogP contribution in [0.5, 0.6) is 0 Å². The van der Waals surface area contributed by atoms with Crippen LogP contribution in [-0.2, 0) is 9.63 Å². The number of benzene rings is 1. The molecule has 1 aliphatic heterocycles. The monoisotopic (exact) mass is 269 g/mol. The number of hydrogen-bond acceptors (Lipinski definition) is 4. The predicted octanol–water partition coefficient (Wildman–Crippen LogP) is 1.79. The minimum absolute atomic E-state index is 0.0140. The van der Waals surface area contributed by atoms with Crippen molar-refractivity contribution in [2.75, 3.05) is 0 Å². The molecule has 0 N–H and O–H groups in total. The Morgan fingerprint density at radius 2 is 1.68 bits per heavy atom. The summed E-state index contributed by atoms with van der Waals surface area (Å²) in [5.74, 6) is -7.53. The lowest BCUT2D eigenvalue weighted by Gasteiger charge is -2.17. The molecular weight excluding hydrogens is 260 g/mol. The molecule has 0 fully saturated rings. The van der Waals surface area contributed by atoms with E-state index in [0.29, 0.717) is 0 Å². The Bertz CT molecular complexity index is 536. The molecule has 0 saturated carbocycles. The van der Waals surface area contributed by atoms with Crippen LogP contribution in [0.15, 0.2) is 24.3 Å². The molecule has 0 unspecified atom stereocenters. The molecule has 7 heteroatoms. The summed E-state index contributed by atoms with van der Waals surface area (Å²) in [4.78, 5) is 38.9. The van der Waals surface area contributed by atoms with E-state index in [2.05, 4.69) is 4.84 Å². The number of rotatable bonds is 3.